The molecule has 1 rings (SSSR count). The fraction of sp³-hybridized carbons (Fsp3) is 0.867. The van der Waals surface area contributed by atoms with E-state index in [1.54, 1.807) is 14.2 Å². The van der Waals surface area contributed by atoms with Gasteiger partial charge in [0.25, 0.3) is 0 Å². The predicted octanol–water partition coefficient (Wildman–Crippen LogP) is 4.79. The smallest absolute Gasteiger partial charge is 0.154 e. The van der Waals surface area contributed by atoms with Gasteiger partial charge in [0.1, 0.15) is 0 Å². The first kappa shape index (κ1) is 19.0. The number of rotatable bonds is 3. The number of ether oxygens (including phenoxy) is 2. The fourth-order valence-corrected chi connectivity index (χ4v) is 1.69. The molecule has 1 aliphatic rings. The molecular formula is C15H32O2. The van der Waals surface area contributed by atoms with Crippen LogP contribution in [0, 0.1) is 5.92 Å². The molecule has 0 atom stereocenters. The van der Waals surface area contributed by atoms with E-state index >= 15 is 0 Å². The zero-order valence-electron chi connectivity index (χ0n) is 12.7. The van der Waals surface area contributed by atoms with Gasteiger partial charge in [-0.25, -0.2) is 0 Å². The van der Waals surface area contributed by atoms with Crippen LogP contribution in [-0.2, 0) is 9.47 Å². The van der Waals surface area contributed by atoms with Crippen molar-refractivity contribution >= 4 is 0 Å². The van der Waals surface area contributed by atoms with Crippen LogP contribution in [0.25, 0.3) is 0 Å². The molecule has 104 valence electrons. The van der Waals surface area contributed by atoms with Gasteiger partial charge >= 0.3 is 0 Å². The first-order valence-electron chi connectivity index (χ1n) is 6.82. The molecule has 0 spiro atoms. The molecule has 0 radical (unpaired) electrons. The van der Waals surface area contributed by atoms with Crippen LogP contribution < -0.4 is 0 Å². The summed E-state index contributed by atoms with van der Waals surface area (Å²) < 4.78 is 9.35. The monoisotopic (exact) mass is 244 g/mol. The lowest BCUT2D eigenvalue weighted by molar-refractivity contribution is -0.0877. The summed E-state index contributed by atoms with van der Waals surface area (Å²) in [5.74, 6) is 0.860. The van der Waals surface area contributed by atoms with E-state index in [0.717, 1.165) is 5.92 Å². The molecule has 0 saturated heterocycles. The van der Waals surface area contributed by atoms with Gasteiger partial charge in [-0.3, -0.25) is 0 Å². The van der Waals surface area contributed by atoms with Crippen LogP contribution in [0.1, 0.15) is 59.8 Å². The van der Waals surface area contributed by atoms with Gasteiger partial charge < -0.3 is 9.47 Å². The van der Waals surface area contributed by atoms with Crippen LogP contribution in [0.3, 0.4) is 0 Å². The number of allylic oxidation sites excluding steroid dienone is 1. The summed E-state index contributed by atoms with van der Waals surface area (Å²) >= 11 is 0. The highest BCUT2D eigenvalue weighted by Gasteiger charge is 2.12. The Balaban J connectivity index is 0. The molecule has 1 fully saturated rings. The third kappa shape index (κ3) is 11.9. The Morgan fingerprint density at radius 3 is 1.65 bits per heavy atom. The van der Waals surface area contributed by atoms with Gasteiger partial charge in [0.15, 0.2) is 6.29 Å². The summed E-state index contributed by atoms with van der Waals surface area (Å²) in [6.45, 7) is 12.0. The molecule has 0 aromatic carbocycles. The first-order chi connectivity index (χ1) is 8.11. The molecule has 0 aliphatic heterocycles. The molecule has 0 heterocycles. The van der Waals surface area contributed by atoms with Gasteiger partial charge in [-0.1, -0.05) is 45.3 Å². The summed E-state index contributed by atoms with van der Waals surface area (Å²) in [6, 6.07) is 0. The molecule has 0 aromatic heterocycles. The Hall–Kier alpha value is -0.340. The van der Waals surface area contributed by atoms with Gasteiger partial charge in [0.05, 0.1) is 0 Å². The van der Waals surface area contributed by atoms with Crippen LogP contribution in [0.15, 0.2) is 12.2 Å². The minimum absolute atomic E-state index is 0.0648. The SMILES string of the molecule is C=C(C)C1CCCCC1.CC.COC(C)OC. The van der Waals surface area contributed by atoms with Crippen LogP contribution in [-0.4, -0.2) is 20.5 Å². The highest BCUT2D eigenvalue weighted by atomic mass is 16.7. The zero-order valence-corrected chi connectivity index (χ0v) is 12.7. The van der Waals surface area contributed by atoms with Gasteiger partial charge in [-0.05, 0) is 32.6 Å². The van der Waals surface area contributed by atoms with Crippen molar-refractivity contribution in [1.82, 2.24) is 0 Å². The average Bonchev–Trinajstić information content (AvgIpc) is 2.41. The molecule has 0 N–H and O–H groups in total. The van der Waals surface area contributed by atoms with E-state index < -0.39 is 0 Å². The van der Waals surface area contributed by atoms with Crippen molar-refractivity contribution in [3.63, 3.8) is 0 Å². The van der Waals surface area contributed by atoms with Crippen LogP contribution in [0.2, 0.25) is 0 Å². The highest BCUT2D eigenvalue weighted by molar-refractivity contribution is 4.96. The van der Waals surface area contributed by atoms with Crippen molar-refractivity contribution in [2.75, 3.05) is 14.2 Å². The minimum Gasteiger partial charge on any atom is -0.356 e. The Morgan fingerprint density at radius 2 is 1.47 bits per heavy atom. The molecule has 0 amide bonds. The lowest BCUT2D eigenvalue weighted by atomic mass is 9.85. The Bertz CT molecular complexity index is 156. The van der Waals surface area contributed by atoms with Gasteiger partial charge in [-0.2, -0.15) is 0 Å². The third-order valence-electron chi connectivity index (χ3n) is 2.97. The van der Waals surface area contributed by atoms with Gasteiger partial charge in [0, 0.05) is 14.2 Å². The highest BCUT2D eigenvalue weighted by Crippen LogP contribution is 2.28. The minimum atomic E-state index is -0.0648. The summed E-state index contributed by atoms with van der Waals surface area (Å²) in [4.78, 5) is 0. The lowest BCUT2D eigenvalue weighted by Crippen LogP contribution is -2.05. The molecule has 0 bridgehead atoms. The first-order valence-corrected chi connectivity index (χ1v) is 6.82. The van der Waals surface area contributed by atoms with Crippen molar-refractivity contribution < 1.29 is 9.47 Å². The van der Waals surface area contributed by atoms with Crippen LogP contribution in [0.5, 0.6) is 0 Å². The van der Waals surface area contributed by atoms with Crippen molar-refractivity contribution in [2.45, 2.75) is 66.1 Å². The van der Waals surface area contributed by atoms with E-state index in [4.69, 9.17) is 0 Å². The Kier molecular flexibility index (Phi) is 15.3. The summed E-state index contributed by atoms with van der Waals surface area (Å²) in [7, 11) is 3.21. The number of hydrogen-bond acceptors (Lipinski definition) is 2. The summed E-state index contributed by atoms with van der Waals surface area (Å²) in [5.41, 5.74) is 1.40. The second-order valence-corrected chi connectivity index (χ2v) is 4.22. The standard InChI is InChI=1S/C9H16.C4H10O2.C2H6/c1-8(2)9-6-4-3-5-7-9;1-4(5-2)6-3;1-2/h9H,1,3-7H2,2H3;4H,1-3H3;1-2H3. The van der Waals surface area contributed by atoms with Crippen LogP contribution in [0.4, 0.5) is 0 Å². The van der Waals surface area contributed by atoms with E-state index in [1.807, 2.05) is 20.8 Å². The lowest BCUT2D eigenvalue weighted by Gasteiger charge is -2.21. The second kappa shape index (κ2) is 13.7. The van der Waals surface area contributed by atoms with E-state index in [2.05, 4.69) is 23.0 Å². The van der Waals surface area contributed by atoms with Gasteiger partial charge in [-0.15, -0.1) is 0 Å². The molecule has 0 unspecified atom stereocenters. The largest absolute Gasteiger partial charge is 0.356 e. The van der Waals surface area contributed by atoms with E-state index in [0.29, 0.717) is 0 Å². The van der Waals surface area contributed by atoms with Crippen LogP contribution >= 0.6 is 0 Å². The second-order valence-electron chi connectivity index (χ2n) is 4.22. The Labute approximate surface area is 108 Å². The molecule has 2 heteroatoms. The molecule has 17 heavy (non-hydrogen) atoms. The quantitative estimate of drug-likeness (QED) is 0.525. The van der Waals surface area contributed by atoms with Crippen molar-refractivity contribution in [2.24, 2.45) is 5.92 Å². The number of methoxy groups -OCH3 is 2. The molecule has 1 saturated carbocycles. The molecular weight excluding hydrogens is 212 g/mol. The van der Waals surface area contributed by atoms with Crippen molar-refractivity contribution in [1.29, 1.82) is 0 Å². The zero-order chi connectivity index (χ0) is 13.7. The summed E-state index contributed by atoms with van der Waals surface area (Å²) in [5, 5.41) is 0. The molecule has 2 nitrogen and oxygen atoms in total. The van der Waals surface area contributed by atoms with Gasteiger partial charge in [0.2, 0.25) is 0 Å². The van der Waals surface area contributed by atoms with E-state index in [1.165, 1.54) is 37.7 Å². The molecule has 1 aliphatic carbocycles. The number of hydrogen-bond donors (Lipinski definition) is 0. The maximum absolute atomic E-state index is 4.68. The van der Waals surface area contributed by atoms with Crippen molar-refractivity contribution in [3.8, 4) is 0 Å². The topological polar surface area (TPSA) is 18.5 Å². The van der Waals surface area contributed by atoms with E-state index in [-0.39, 0.29) is 6.29 Å². The van der Waals surface area contributed by atoms with E-state index in [9.17, 15) is 0 Å². The predicted molar refractivity (Wildman–Crippen MR) is 76.2 cm³/mol. The normalized spacial score (nSPS) is 15.5. The third-order valence-corrected chi connectivity index (χ3v) is 2.97. The molecule has 0 aromatic rings. The maximum atomic E-state index is 4.68. The Morgan fingerprint density at radius 1 is 1.06 bits per heavy atom. The average molecular weight is 244 g/mol. The maximum Gasteiger partial charge on any atom is 0.154 e. The summed E-state index contributed by atoms with van der Waals surface area (Å²) in [6.07, 6.45) is 7.04. The van der Waals surface area contributed by atoms with Crippen molar-refractivity contribution in [3.05, 3.63) is 12.2 Å². The fourth-order valence-electron chi connectivity index (χ4n) is 1.69.